The average Bonchev–Trinajstić information content (AvgIpc) is 2.81. The predicted octanol–water partition coefficient (Wildman–Crippen LogP) is 9.89. The lowest BCUT2D eigenvalue weighted by Gasteiger charge is -2.15. The molecule has 0 fully saturated rings. The van der Waals surface area contributed by atoms with Gasteiger partial charge >= 0.3 is 5.97 Å². The van der Waals surface area contributed by atoms with Gasteiger partial charge in [-0.2, -0.15) is 0 Å². The molecule has 0 spiro atoms. The zero-order valence-corrected chi connectivity index (χ0v) is 22.6. The van der Waals surface area contributed by atoms with E-state index in [0.717, 1.165) is 32.0 Å². The molecule has 0 aliphatic heterocycles. The highest BCUT2D eigenvalue weighted by atomic mass is 16.5. The van der Waals surface area contributed by atoms with Gasteiger partial charge in [-0.25, -0.2) is 0 Å². The summed E-state index contributed by atoms with van der Waals surface area (Å²) in [7, 11) is 0. The maximum Gasteiger partial charge on any atom is 0.306 e. The van der Waals surface area contributed by atoms with E-state index in [1.165, 1.54) is 122 Å². The van der Waals surface area contributed by atoms with Crippen molar-refractivity contribution in [3.8, 4) is 0 Å². The first-order valence-electron chi connectivity index (χ1n) is 14.9. The fraction of sp³-hybridized carbons (Fsp3) is 0.933. The summed E-state index contributed by atoms with van der Waals surface area (Å²) in [5.74, 6) is -0.110. The Labute approximate surface area is 207 Å². The summed E-state index contributed by atoms with van der Waals surface area (Å²) in [4.78, 5) is 23.1. The summed E-state index contributed by atoms with van der Waals surface area (Å²) in [5.41, 5.74) is 0. The summed E-state index contributed by atoms with van der Waals surface area (Å²) < 4.78 is 5.60. The number of hydrogen-bond acceptors (Lipinski definition) is 3. The topological polar surface area (TPSA) is 43.4 Å². The van der Waals surface area contributed by atoms with E-state index in [0.29, 0.717) is 12.8 Å². The van der Waals surface area contributed by atoms with Gasteiger partial charge in [0.15, 0.2) is 0 Å². The standard InChI is InChI=1S/C30H58O3/c1-3-5-7-9-11-13-15-17-19-21-23-25-29(27-28-31)33-30(32)26-24-22-20-18-16-14-12-10-8-6-4-2/h28-29H,3-27H2,1-2H3. The van der Waals surface area contributed by atoms with E-state index >= 15 is 0 Å². The molecule has 0 aromatic heterocycles. The molecule has 0 aliphatic carbocycles. The van der Waals surface area contributed by atoms with Crippen LogP contribution in [-0.4, -0.2) is 18.4 Å². The van der Waals surface area contributed by atoms with Crippen LogP contribution in [0, 0.1) is 0 Å². The molecule has 0 amide bonds. The maximum absolute atomic E-state index is 12.2. The minimum Gasteiger partial charge on any atom is -0.462 e. The van der Waals surface area contributed by atoms with Crippen LogP contribution < -0.4 is 0 Å². The van der Waals surface area contributed by atoms with Gasteiger partial charge in [-0.05, 0) is 19.3 Å². The highest BCUT2D eigenvalue weighted by molar-refractivity contribution is 5.69. The molecule has 33 heavy (non-hydrogen) atoms. The Morgan fingerprint density at radius 2 is 0.939 bits per heavy atom. The molecule has 0 saturated heterocycles. The predicted molar refractivity (Wildman–Crippen MR) is 143 cm³/mol. The van der Waals surface area contributed by atoms with Gasteiger partial charge in [0.25, 0.3) is 0 Å². The largest absolute Gasteiger partial charge is 0.462 e. The van der Waals surface area contributed by atoms with E-state index in [2.05, 4.69) is 13.8 Å². The van der Waals surface area contributed by atoms with Crippen LogP contribution in [0.15, 0.2) is 0 Å². The van der Waals surface area contributed by atoms with Crippen molar-refractivity contribution in [3.05, 3.63) is 0 Å². The number of unbranched alkanes of at least 4 members (excludes halogenated alkanes) is 20. The van der Waals surface area contributed by atoms with E-state index in [1.54, 1.807) is 0 Å². The Hall–Kier alpha value is -0.860. The van der Waals surface area contributed by atoms with Crippen molar-refractivity contribution in [1.29, 1.82) is 0 Å². The fourth-order valence-corrected chi connectivity index (χ4v) is 4.55. The Morgan fingerprint density at radius 3 is 1.33 bits per heavy atom. The molecule has 0 radical (unpaired) electrons. The molecule has 0 aromatic rings. The molecule has 196 valence electrons. The Balaban J connectivity index is 3.57. The molecule has 0 heterocycles. The quantitative estimate of drug-likeness (QED) is 0.0687. The summed E-state index contributed by atoms with van der Waals surface area (Å²) >= 11 is 0. The van der Waals surface area contributed by atoms with Gasteiger partial charge < -0.3 is 9.53 Å². The molecule has 0 rings (SSSR count). The van der Waals surface area contributed by atoms with E-state index in [4.69, 9.17) is 4.74 Å². The van der Waals surface area contributed by atoms with Crippen LogP contribution in [0.3, 0.4) is 0 Å². The highest BCUT2D eigenvalue weighted by Gasteiger charge is 2.13. The Morgan fingerprint density at radius 1 is 0.576 bits per heavy atom. The van der Waals surface area contributed by atoms with Crippen molar-refractivity contribution in [1.82, 2.24) is 0 Å². The molecule has 3 nitrogen and oxygen atoms in total. The average molecular weight is 467 g/mol. The number of carbonyl (C=O) groups is 2. The van der Waals surface area contributed by atoms with Gasteiger partial charge in [-0.15, -0.1) is 0 Å². The number of hydrogen-bond donors (Lipinski definition) is 0. The van der Waals surface area contributed by atoms with E-state index in [1.807, 2.05) is 0 Å². The van der Waals surface area contributed by atoms with Crippen LogP contribution in [0.4, 0.5) is 0 Å². The van der Waals surface area contributed by atoms with E-state index < -0.39 is 0 Å². The van der Waals surface area contributed by atoms with Crippen LogP contribution in [0.5, 0.6) is 0 Å². The molecule has 3 heteroatoms. The number of rotatable bonds is 27. The first-order valence-corrected chi connectivity index (χ1v) is 14.9. The number of esters is 1. The zero-order valence-electron chi connectivity index (χ0n) is 22.6. The van der Waals surface area contributed by atoms with Crippen molar-refractivity contribution in [3.63, 3.8) is 0 Å². The molecular formula is C30H58O3. The van der Waals surface area contributed by atoms with E-state index in [9.17, 15) is 9.59 Å². The molecule has 0 N–H and O–H groups in total. The summed E-state index contributed by atoms with van der Waals surface area (Å²) in [6.07, 6.45) is 30.9. The highest BCUT2D eigenvalue weighted by Crippen LogP contribution is 2.16. The molecule has 0 saturated carbocycles. The van der Waals surface area contributed by atoms with Gasteiger partial charge in [-0.1, -0.05) is 142 Å². The monoisotopic (exact) mass is 466 g/mol. The van der Waals surface area contributed by atoms with Crippen LogP contribution in [0.2, 0.25) is 0 Å². The molecule has 1 atom stereocenters. The summed E-state index contributed by atoms with van der Waals surface area (Å²) in [6, 6.07) is 0. The second kappa shape index (κ2) is 27.4. The Kier molecular flexibility index (Phi) is 26.7. The molecule has 0 aromatic carbocycles. The molecule has 0 aliphatic rings. The summed E-state index contributed by atoms with van der Waals surface area (Å²) in [5, 5.41) is 0. The van der Waals surface area contributed by atoms with Crippen LogP contribution in [0.1, 0.15) is 174 Å². The number of ether oxygens (including phenoxy) is 1. The summed E-state index contributed by atoms with van der Waals surface area (Å²) in [6.45, 7) is 4.53. The van der Waals surface area contributed by atoms with Gasteiger partial charge in [0.1, 0.15) is 12.4 Å². The second-order valence-electron chi connectivity index (χ2n) is 10.1. The minimum absolute atomic E-state index is 0.110. The number of aldehydes is 1. The van der Waals surface area contributed by atoms with Crippen LogP contribution in [0.25, 0.3) is 0 Å². The molecular weight excluding hydrogens is 408 g/mol. The van der Waals surface area contributed by atoms with Gasteiger partial charge in [0.2, 0.25) is 0 Å². The van der Waals surface area contributed by atoms with E-state index in [-0.39, 0.29) is 12.1 Å². The normalized spacial score (nSPS) is 12.1. The van der Waals surface area contributed by atoms with Crippen LogP contribution >= 0.6 is 0 Å². The minimum atomic E-state index is -0.207. The third-order valence-electron chi connectivity index (χ3n) is 6.77. The number of carbonyl (C=O) groups excluding carboxylic acids is 2. The third-order valence-corrected chi connectivity index (χ3v) is 6.77. The molecule has 0 bridgehead atoms. The second-order valence-corrected chi connectivity index (χ2v) is 10.1. The fourth-order valence-electron chi connectivity index (χ4n) is 4.55. The van der Waals surface area contributed by atoms with Gasteiger partial charge in [0.05, 0.1) is 0 Å². The van der Waals surface area contributed by atoms with Crippen molar-refractivity contribution in [2.75, 3.05) is 0 Å². The lowest BCUT2D eigenvalue weighted by atomic mass is 10.0. The smallest absolute Gasteiger partial charge is 0.306 e. The van der Waals surface area contributed by atoms with Gasteiger partial charge in [-0.3, -0.25) is 4.79 Å². The SMILES string of the molecule is CCCCCCCCCCCCCC(=O)OC(CC=O)CCCCCCCCCCCCC. The lowest BCUT2D eigenvalue weighted by Crippen LogP contribution is -2.18. The molecule has 1 unspecified atom stereocenters. The van der Waals surface area contributed by atoms with Crippen molar-refractivity contribution >= 4 is 12.3 Å². The van der Waals surface area contributed by atoms with Crippen LogP contribution in [-0.2, 0) is 14.3 Å². The maximum atomic E-state index is 12.2. The van der Waals surface area contributed by atoms with Crippen molar-refractivity contribution < 1.29 is 14.3 Å². The first kappa shape index (κ1) is 32.1. The Bertz CT molecular complexity index is 407. The lowest BCUT2D eigenvalue weighted by molar-refractivity contribution is -0.150. The third kappa shape index (κ3) is 25.6. The van der Waals surface area contributed by atoms with Crippen molar-refractivity contribution in [2.45, 2.75) is 180 Å². The zero-order chi connectivity index (χ0) is 24.2. The van der Waals surface area contributed by atoms with Gasteiger partial charge in [0, 0.05) is 12.8 Å². The first-order chi connectivity index (χ1) is 16.2. The van der Waals surface area contributed by atoms with Crippen molar-refractivity contribution in [2.24, 2.45) is 0 Å².